The Morgan fingerprint density at radius 2 is 1.96 bits per heavy atom. The zero-order chi connectivity index (χ0) is 17.8. The molecule has 1 amide bonds. The summed E-state index contributed by atoms with van der Waals surface area (Å²) in [6.45, 7) is 2.79. The lowest BCUT2D eigenvalue weighted by atomic mass is 10.1. The second-order valence-electron chi connectivity index (χ2n) is 5.53. The van der Waals surface area contributed by atoms with Crippen molar-refractivity contribution < 1.29 is 19.0 Å². The molecule has 0 fully saturated rings. The molecule has 1 heterocycles. The molecule has 1 unspecified atom stereocenters. The average molecular weight is 382 g/mol. The third kappa shape index (κ3) is 4.30. The van der Waals surface area contributed by atoms with Crippen molar-refractivity contribution in [2.24, 2.45) is 0 Å². The number of benzene rings is 2. The Balaban J connectivity index is 1.58. The zero-order valence-corrected chi connectivity index (χ0v) is 15.1. The number of hydrogen-bond donors (Lipinski definition) is 1. The molecule has 3 rings (SSSR count). The molecule has 0 spiro atoms. The van der Waals surface area contributed by atoms with Crippen molar-refractivity contribution in [3.8, 4) is 17.2 Å². The molecule has 2 aromatic rings. The summed E-state index contributed by atoms with van der Waals surface area (Å²) < 4.78 is 16.5. The van der Waals surface area contributed by atoms with Gasteiger partial charge in [0.15, 0.2) is 18.1 Å². The number of nitrogens with one attached hydrogen (secondary N) is 1. The molecule has 0 saturated heterocycles. The summed E-state index contributed by atoms with van der Waals surface area (Å²) in [5.41, 5.74) is 0.915. The number of rotatable bonds is 5. The number of carbonyl (C=O) groups excluding carboxylic acids is 1. The Hall–Kier alpha value is -2.11. The van der Waals surface area contributed by atoms with Crippen LogP contribution < -0.4 is 19.5 Å². The highest BCUT2D eigenvalue weighted by molar-refractivity contribution is 6.42. The zero-order valence-electron chi connectivity index (χ0n) is 13.6. The van der Waals surface area contributed by atoms with E-state index >= 15 is 0 Å². The van der Waals surface area contributed by atoms with Gasteiger partial charge in [0, 0.05) is 0 Å². The molecule has 1 N–H and O–H groups in total. The van der Waals surface area contributed by atoms with Gasteiger partial charge in [0.2, 0.25) is 0 Å². The van der Waals surface area contributed by atoms with Gasteiger partial charge in [-0.25, -0.2) is 0 Å². The topological polar surface area (TPSA) is 56.8 Å². The van der Waals surface area contributed by atoms with Crippen LogP contribution in [-0.4, -0.2) is 25.7 Å². The van der Waals surface area contributed by atoms with E-state index in [0.717, 1.165) is 5.56 Å². The average Bonchev–Trinajstić information content (AvgIpc) is 2.62. The van der Waals surface area contributed by atoms with E-state index in [9.17, 15) is 4.79 Å². The molecular weight excluding hydrogens is 365 g/mol. The van der Waals surface area contributed by atoms with E-state index in [1.807, 2.05) is 25.1 Å². The van der Waals surface area contributed by atoms with Crippen LogP contribution >= 0.6 is 23.2 Å². The van der Waals surface area contributed by atoms with Gasteiger partial charge < -0.3 is 19.5 Å². The summed E-state index contributed by atoms with van der Waals surface area (Å²) in [6.07, 6.45) is 0. The molecule has 7 heteroatoms. The van der Waals surface area contributed by atoms with E-state index in [1.54, 1.807) is 18.2 Å². The van der Waals surface area contributed by atoms with Gasteiger partial charge in [-0.3, -0.25) is 4.79 Å². The fraction of sp³-hybridized carbons (Fsp3) is 0.278. The van der Waals surface area contributed by atoms with Crippen LogP contribution in [0.5, 0.6) is 17.2 Å². The molecule has 25 heavy (non-hydrogen) atoms. The van der Waals surface area contributed by atoms with E-state index in [0.29, 0.717) is 35.5 Å². The summed E-state index contributed by atoms with van der Waals surface area (Å²) in [7, 11) is 0. The largest absolute Gasteiger partial charge is 0.486 e. The minimum atomic E-state index is -0.265. The van der Waals surface area contributed by atoms with Gasteiger partial charge in [0.05, 0.1) is 11.1 Å². The summed E-state index contributed by atoms with van der Waals surface area (Å²) in [4.78, 5) is 12.1. The number of carbonyl (C=O) groups is 1. The number of ether oxygens (including phenoxy) is 3. The van der Waals surface area contributed by atoms with Crippen molar-refractivity contribution in [3.05, 3.63) is 52.0 Å². The number of halogens is 2. The minimum absolute atomic E-state index is 0.158. The molecule has 2 aromatic carbocycles. The van der Waals surface area contributed by atoms with Crippen LogP contribution in [0.25, 0.3) is 0 Å². The predicted octanol–water partition coefficient (Wildman–Crippen LogP) is 4.02. The van der Waals surface area contributed by atoms with Crippen molar-refractivity contribution in [3.63, 3.8) is 0 Å². The van der Waals surface area contributed by atoms with Crippen LogP contribution in [-0.2, 0) is 4.79 Å². The van der Waals surface area contributed by atoms with Crippen LogP contribution in [0.2, 0.25) is 10.0 Å². The van der Waals surface area contributed by atoms with E-state index in [-0.39, 0.29) is 23.6 Å². The molecule has 5 nitrogen and oxygen atoms in total. The number of amides is 1. The highest BCUT2D eigenvalue weighted by Gasteiger charge is 2.16. The first-order valence-electron chi connectivity index (χ1n) is 7.80. The van der Waals surface area contributed by atoms with Gasteiger partial charge >= 0.3 is 0 Å². The van der Waals surface area contributed by atoms with Crippen molar-refractivity contribution in [1.82, 2.24) is 5.32 Å². The van der Waals surface area contributed by atoms with E-state index < -0.39 is 0 Å². The van der Waals surface area contributed by atoms with E-state index in [1.165, 1.54) is 0 Å². The molecule has 0 aromatic heterocycles. The van der Waals surface area contributed by atoms with E-state index in [2.05, 4.69) is 5.32 Å². The fourth-order valence-corrected chi connectivity index (χ4v) is 2.78. The minimum Gasteiger partial charge on any atom is -0.486 e. The molecule has 1 aliphatic heterocycles. The smallest absolute Gasteiger partial charge is 0.258 e. The molecule has 1 atom stereocenters. The van der Waals surface area contributed by atoms with E-state index in [4.69, 9.17) is 37.4 Å². The van der Waals surface area contributed by atoms with Gasteiger partial charge in [-0.1, -0.05) is 35.3 Å². The normalized spacial score (nSPS) is 13.9. The quantitative estimate of drug-likeness (QED) is 0.849. The highest BCUT2D eigenvalue weighted by Crippen LogP contribution is 2.33. The maximum atomic E-state index is 12.1. The summed E-state index contributed by atoms with van der Waals surface area (Å²) in [5.74, 6) is 1.51. The third-order valence-corrected chi connectivity index (χ3v) is 4.52. The van der Waals surface area contributed by atoms with Gasteiger partial charge in [-0.2, -0.15) is 0 Å². The lowest BCUT2D eigenvalue weighted by Crippen LogP contribution is -2.31. The predicted molar refractivity (Wildman–Crippen MR) is 95.9 cm³/mol. The molecule has 0 radical (unpaired) electrons. The van der Waals surface area contributed by atoms with Crippen molar-refractivity contribution in [1.29, 1.82) is 0 Å². The third-order valence-electron chi connectivity index (χ3n) is 3.72. The SMILES string of the molecule is CC(NC(=O)COc1cccc(Cl)c1Cl)c1ccc2c(c1)OCCO2. The standard InChI is InChI=1S/C18H17Cl2NO4/c1-11(12-5-6-14-16(9-12)24-8-7-23-14)21-17(22)10-25-15-4-2-3-13(19)18(15)20/h2-6,9,11H,7-8,10H2,1H3,(H,21,22). The van der Waals surface area contributed by atoms with Crippen LogP contribution in [0, 0.1) is 0 Å². The molecule has 1 aliphatic rings. The molecule has 0 saturated carbocycles. The maximum Gasteiger partial charge on any atom is 0.258 e. The van der Waals surface area contributed by atoms with Crippen molar-refractivity contribution in [2.45, 2.75) is 13.0 Å². The van der Waals surface area contributed by atoms with Gasteiger partial charge in [0.1, 0.15) is 24.0 Å². The Morgan fingerprint density at radius 3 is 2.76 bits per heavy atom. The highest BCUT2D eigenvalue weighted by atomic mass is 35.5. The Bertz CT molecular complexity index is 782. The van der Waals surface area contributed by atoms with Crippen LogP contribution in [0.15, 0.2) is 36.4 Å². The van der Waals surface area contributed by atoms with Crippen LogP contribution in [0.4, 0.5) is 0 Å². The molecule has 0 aliphatic carbocycles. The lowest BCUT2D eigenvalue weighted by Gasteiger charge is -2.21. The summed E-state index contributed by atoms with van der Waals surface area (Å²) in [5, 5.41) is 3.54. The molecule has 132 valence electrons. The Labute approximate surface area is 155 Å². The second kappa shape index (κ2) is 7.85. The van der Waals surface area contributed by atoms with Gasteiger partial charge in [-0.05, 0) is 36.8 Å². The molecule has 0 bridgehead atoms. The fourth-order valence-electron chi connectivity index (χ4n) is 2.43. The Morgan fingerprint density at radius 1 is 1.20 bits per heavy atom. The second-order valence-corrected chi connectivity index (χ2v) is 6.32. The van der Waals surface area contributed by atoms with Crippen molar-refractivity contribution >= 4 is 29.1 Å². The summed E-state index contributed by atoms with van der Waals surface area (Å²) >= 11 is 11.9. The summed E-state index contributed by atoms with van der Waals surface area (Å²) in [6, 6.07) is 10.4. The first-order chi connectivity index (χ1) is 12.0. The maximum absolute atomic E-state index is 12.1. The number of hydrogen-bond acceptors (Lipinski definition) is 4. The van der Waals surface area contributed by atoms with Gasteiger partial charge in [0.25, 0.3) is 5.91 Å². The Kier molecular flexibility index (Phi) is 5.56. The first-order valence-corrected chi connectivity index (χ1v) is 8.56. The first kappa shape index (κ1) is 17.7. The van der Waals surface area contributed by atoms with Crippen LogP contribution in [0.3, 0.4) is 0 Å². The number of fused-ring (bicyclic) bond motifs is 1. The monoisotopic (exact) mass is 381 g/mol. The lowest BCUT2D eigenvalue weighted by molar-refractivity contribution is -0.123. The molecular formula is C18H17Cl2NO4. The van der Waals surface area contributed by atoms with Crippen molar-refractivity contribution in [2.75, 3.05) is 19.8 Å². The van der Waals surface area contributed by atoms with Crippen LogP contribution in [0.1, 0.15) is 18.5 Å². The van der Waals surface area contributed by atoms with Gasteiger partial charge in [-0.15, -0.1) is 0 Å².